The lowest BCUT2D eigenvalue weighted by molar-refractivity contribution is -0.143. The highest BCUT2D eigenvalue weighted by atomic mass is 16.4. The number of nitrogens with one attached hydrogen (secondary N) is 1. The number of carboxylic acids is 1. The van der Waals surface area contributed by atoms with Crippen molar-refractivity contribution in [2.45, 2.75) is 52.4 Å². The van der Waals surface area contributed by atoms with E-state index in [1.807, 2.05) is 6.07 Å². The fourth-order valence-electron chi connectivity index (χ4n) is 3.25. The molecule has 0 aliphatic carbocycles. The summed E-state index contributed by atoms with van der Waals surface area (Å²) in [6.45, 7) is 7.37. The van der Waals surface area contributed by atoms with Crippen molar-refractivity contribution in [1.29, 1.82) is 0 Å². The molecule has 1 heterocycles. The number of aliphatic carboxylic acids is 1. The molecule has 2 amide bonds. The molecule has 2 N–H and O–H groups in total. The number of carboxylic acid groups (broad SMARTS) is 1. The maximum absolute atomic E-state index is 12.6. The van der Waals surface area contributed by atoms with E-state index in [9.17, 15) is 9.59 Å². The summed E-state index contributed by atoms with van der Waals surface area (Å²) in [7, 11) is 0. The zero-order chi connectivity index (χ0) is 17.7. The SMILES string of the molecule is CCCc1cccc(C(C)C)c1NC(=O)N1CCC(C(=O)O)CC1. The molecule has 0 bridgehead atoms. The van der Waals surface area contributed by atoms with E-state index in [4.69, 9.17) is 5.11 Å². The van der Waals surface area contributed by atoms with E-state index in [1.54, 1.807) is 4.90 Å². The van der Waals surface area contributed by atoms with Crippen LogP contribution < -0.4 is 5.32 Å². The predicted molar refractivity (Wildman–Crippen MR) is 95.5 cm³/mol. The molecule has 1 aliphatic heterocycles. The topological polar surface area (TPSA) is 69.6 Å². The Morgan fingerprint density at radius 3 is 2.50 bits per heavy atom. The maximum atomic E-state index is 12.6. The van der Waals surface area contributed by atoms with Crippen LogP contribution in [0.2, 0.25) is 0 Å². The van der Waals surface area contributed by atoms with Gasteiger partial charge in [-0.1, -0.05) is 45.4 Å². The number of urea groups is 1. The van der Waals surface area contributed by atoms with Crippen LogP contribution in [0.15, 0.2) is 18.2 Å². The third kappa shape index (κ3) is 4.28. The number of nitrogens with zero attached hydrogens (tertiary/aromatic N) is 1. The molecule has 0 aromatic heterocycles. The third-order valence-electron chi connectivity index (χ3n) is 4.69. The number of hydrogen-bond acceptors (Lipinski definition) is 2. The lowest BCUT2D eigenvalue weighted by Crippen LogP contribution is -2.42. The Morgan fingerprint density at radius 2 is 1.96 bits per heavy atom. The van der Waals surface area contributed by atoms with Crippen molar-refractivity contribution < 1.29 is 14.7 Å². The predicted octanol–water partition coefficient (Wildman–Crippen LogP) is 4.09. The lowest BCUT2D eigenvalue weighted by Gasteiger charge is -2.31. The van der Waals surface area contributed by atoms with Crippen LogP contribution in [0.3, 0.4) is 0 Å². The van der Waals surface area contributed by atoms with Crippen molar-refractivity contribution in [1.82, 2.24) is 4.90 Å². The van der Waals surface area contributed by atoms with Gasteiger partial charge >= 0.3 is 12.0 Å². The second-order valence-corrected chi connectivity index (χ2v) is 6.82. The van der Waals surface area contributed by atoms with Gasteiger partial charge in [-0.25, -0.2) is 4.79 Å². The van der Waals surface area contributed by atoms with E-state index >= 15 is 0 Å². The van der Waals surface area contributed by atoms with E-state index in [1.165, 1.54) is 0 Å². The first-order valence-electron chi connectivity index (χ1n) is 8.84. The number of hydrogen-bond donors (Lipinski definition) is 2. The van der Waals surface area contributed by atoms with Gasteiger partial charge in [0.25, 0.3) is 0 Å². The van der Waals surface area contributed by atoms with Gasteiger partial charge < -0.3 is 15.3 Å². The van der Waals surface area contributed by atoms with Gasteiger partial charge in [0.1, 0.15) is 0 Å². The molecule has 0 unspecified atom stereocenters. The van der Waals surface area contributed by atoms with Gasteiger partial charge in [-0.2, -0.15) is 0 Å². The molecular formula is C19H28N2O3. The normalized spacial score (nSPS) is 15.6. The Morgan fingerprint density at radius 1 is 1.29 bits per heavy atom. The highest BCUT2D eigenvalue weighted by Crippen LogP contribution is 2.29. The minimum Gasteiger partial charge on any atom is -0.481 e. The van der Waals surface area contributed by atoms with Gasteiger partial charge in [0.2, 0.25) is 0 Å². The number of anilines is 1. The summed E-state index contributed by atoms with van der Waals surface area (Å²) in [5.41, 5.74) is 3.24. The number of aryl methyl sites for hydroxylation is 1. The van der Waals surface area contributed by atoms with Crippen LogP contribution in [-0.4, -0.2) is 35.1 Å². The first-order chi connectivity index (χ1) is 11.4. The van der Waals surface area contributed by atoms with E-state index < -0.39 is 5.97 Å². The number of piperidine rings is 1. The fourth-order valence-corrected chi connectivity index (χ4v) is 3.25. The summed E-state index contributed by atoms with van der Waals surface area (Å²) in [6.07, 6.45) is 3.00. The molecule has 0 atom stereocenters. The monoisotopic (exact) mass is 332 g/mol. The number of amides is 2. The van der Waals surface area contributed by atoms with Crippen LogP contribution in [0.4, 0.5) is 10.5 Å². The summed E-state index contributed by atoms with van der Waals surface area (Å²) in [5.74, 6) is -0.757. The highest BCUT2D eigenvalue weighted by Gasteiger charge is 2.27. The second-order valence-electron chi connectivity index (χ2n) is 6.82. The van der Waals surface area contributed by atoms with Crippen LogP contribution in [0.25, 0.3) is 0 Å². The Labute approximate surface area is 144 Å². The summed E-state index contributed by atoms with van der Waals surface area (Å²) in [4.78, 5) is 25.4. The van der Waals surface area contributed by atoms with E-state index in [0.29, 0.717) is 31.8 Å². The van der Waals surface area contributed by atoms with Crippen LogP contribution in [0.1, 0.15) is 57.1 Å². The molecular weight excluding hydrogens is 304 g/mol. The summed E-state index contributed by atoms with van der Waals surface area (Å²) >= 11 is 0. The Kier molecular flexibility index (Phi) is 6.23. The largest absolute Gasteiger partial charge is 0.481 e. The van der Waals surface area contributed by atoms with Crippen molar-refractivity contribution in [2.24, 2.45) is 5.92 Å². The second kappa shape index (κ2) is 8.18. The van der Waals surface area contributed by atoms with Gasteiger partial charge in [-0.15, -0.1) is 0 Å². The van der Waals surface area contributed by atoms with Crippen molar-refractivity contribution in [3.8, 4) is 0 Å². The van der Waals surface area contributed by atoms with Crippen molar-refractivity contribution >= 4 is 17.7 Å². The zero-order valence-electron chi connectivity index (χ0n) is 14.8. The summed E-state index contributed by atoms with van der Waals surface area (Å²) in [6, 6.07) is 6.07. The molecule has 1 aromatic carbocycles. The molecule has 0 radical (unpaired) electrons. The Balaban J connectivity index is 2.12. The van der Waals surface area contributed by atoms with Crippen LogP contribution >= 0.6 is 0 Å². The maximum Gasteiger partial charge on any atom is 0.321 e. The van der Waals surface area contributed by atoms with E-state index in [2.05, 4.69) is 38.2 Å². The standard InChI is InChI=1S/C19H28N2O3/c1-4-6-14-7-5-8-16(13(2)3)17(14)20-19(24)21-11-9-15(10-12-21)18(22)23/h5,7-8,13,15H,4,6,9-12H2,1-3H3,(H,20,24)(H,22,23). The zero-order valence-corrected chi connectivity index (χ0v) is 14.8. The smallest absolute Gasteiger partial charge is 0.321 e. The first kappa shape index (κ1) is 18.3. The fraction of sp³-hybridized carbons (Fsp3) is 0.579. The number of para-hydroxylation sites is 1. The van der Waals surface area contributed by atoms with Gasteiger partial charge in [-0.05, 0) is 36.3 Å². The molecule has 1 fully saturated rings. The molecule has 0 spiro atoms. The summed E-state index contributed by atoms with van der Waals surface area (Å²) in [5, 5.41) is 12.2. The number of rotatable bonds is 5. The number of carbonyl (C=O) groups excluding carboxylic acids is 1. The Hall–Kier alpha value is -2.04. The average Bonchev–Trinajstić information content (AvgIpc) is 2.56. The first-order valence-corrected chi connectivity index (χ1v) is 8.84. The minimum atomic E-state index is -0.759. The molecule has 1 saturated heterocycles. The average molecular weight is 332 g/mol. The van der Waals surface area contributed by atoms with Gasteiger partial charge in [0, 0.05) is 18.8 Å². The van der Waals surface area contributed by atoms with E-state index in [0.717, 1.165) is 29.7 Å². The molecule has 1 aliphatic rings. The molecule has 24 heavy (non-hydrogen) atoms. The third-order valence-corrected chi connectivity index (χ3v) is 4.69. The molecule has 2 rings (SSSR count). The molecule has 1 aromatic rings. The molecule has 5 nitrogen and oxygen atoms in total. The summed E-state index contributed by atoms with van der Waals surface area (Å²) < 4.78 is 0. The van der Waals surface area contributed by atoms with Gasteiger partial charge in [-0.3, -0.25) is 4.79 Å². The van der Waals surface area contributed by atoms with Crippen LogP contribution in [-0.2, 0) is 11.2 Å². The quantitative estimate of drug-likeness (QED) is 0.853. The number of likely N-dealkylation sites (tertiary alicyclic amines) is 1. The van der Waals surface area contributed by atoms with Gasteiger partial charge in [0.05, 0.1) is 5.92 Å². The minimum absolute atomic E-state index is 0.121. The van der Waals surface area contributed by atoms with Crippen LogP contribution in [0, 0.1) is 5.92 Å². The van der Waals surface area contributed by atoms with E-state index in [-0.39, 0.29) is 11.9 Å². The highest BCUT2D eigenvalue weighted by molar-refractivity contribution is 5.91. The lowest BCUT2D eigenvalue weighted by atomic mass is 9.95. The van der Waals surface area contributed by atoms with Crippen molar-refractivity contribution in [2.75, 3.05) is 18.4 Å². The van der Waals surface area contributed by atoms with Crippen LogP contribution in [0.5, 0.6) is 0 Å². The molecule has 5 heteroatoms. The molecule has 132 valence electrons. The number of carbonyl (C=O) groups is 2. The Bertz CT molecular complexity index is 590. The molecule has 0 saturated carbocycles. The van der Waals surface area contributed by atoms with Crippen molar-refractivity contribution in [3.05, 3.63) is 29.3 Å². The van der Waals surface area contributed by atoms with Gasteiger partial charge in [0.15, 0.2) is 0 Å². The van der Waals surface area contributed by atoms with Crippen molar-refractivity contribution in [3.63, 3.8) is 0 Å². The number of benzene rings is 1.